The molecule has 1 aromatic heterocycles. The molecule has 1 heterocycles. The van der Waals surface area contributed by atoms with Gasteiger partial charge in [0.25, 0.3) is 0 Å². The van der Waals surface area contributed by atoms with Gasteiger partial charge in [0.1, 0.15) is 11.6 Å². The van der Waals surface area contributed by atoms with Gasteiger partial charge in [-0.15, -0.1) is 0 Å². The smallest absolute Gasteiger partial charge is 0.125 e. The van der Waals surface area contributed by atoms with Crippen LogP contribution in [0.15, 0.2) is 24.3 Å². The third-order valence-electron chi connectivity index (χ3n) is 2.99. The van der Waals surface area contributed by atoms with E-state index in [0.717, 1.165) is 34.8 Å². The van der Waals surface area contributed by atoms with Gasteiger partial charge in [-0.25, -0.2) is 0 Å². The molecule has 0 bridgehead atoms. The predicted octanol–water partition coefficient (Wildman–Crippen LogP) is 2.63. The molecular formula is C14H19N3O. The maximum atomic E-state index is 6.00. The summed E-state index contributed by atoms with van der Waals surface area (Å²) in [5.74, 6) is 1.62. The highest BCUT2D eigenvalue weighted by atomic mass is 16.5. The highest BCUT2D eigenvalue weighted by molar-refractivity contribution is 5.68. The fourth-order valence-corrected chi connectivity index (χ4v) is 2.04. The van der Waals surface area contributed by atoms with E-state index in [9.17, 15) is 0 Å². The molecule has 0 spiro atoms. The molecule has 0 fully saturated rings. The number of benzene rings is 1. The molecule has 4 heteroatoms. The van der Waals surface area contributed by atoms with E-state index in [1.807, 2.05) is 38.2 Å². The number of hydrogen-bond donors (Lipinski definition) is 1. The van der Waals surface area contributed by atoms with Gasteiger partial charge in [0, 0.05) is 18.2 Å². The van der Waals surface area contributed by atoms with Crippen molar-refractivity contribution in [2.45, 2.75) is 20.3 Å². The average Bonchev–Trinajstić information content (AvgIpc) is 2.67. The predicted molar refractivity (Wildman–Crippen MR) is 73.6 cm³/mol. The van der Waals surface area contributed by atoms with Crippen molar-refractivity contribution in [3.8, 4) is 17.0 Å². The van der Waals surface area contributed by atoms with Gasteiger partial charge in [0.15, 0.2) is 0 Å². The van der Waals surface area contributed by atoms with Crippen molar-refractivity contribution in [2.75, 3.05) is 12.3 Å². The Hall–Kier alpha value is -1.97. The number of nitrogens with two attached hydrogens (primary N) is 1. The third-order valence-corrected chi connectivity index (χ3v) is 2.99. The van der Waals surface area contributed by atoms with Crippen LogP contribution >= 0.6 is 0 Å². The van der Waals surface area contributed by atoms with Crippen LogP contribution in [0.4, 0.5) is 5.82 Å². The van der Waals surface area contributed by atoms with Crippen molar-refractivity contribution in [3.05, 3.63) is 29.8 Å². The fraction of sp³-hybridized carbons (Fsp3) is 0.357. The lowest BCUT2D eigenvalue weighted by molar-refractivity contribution is 0.340. The first kappa shape index (κ1) is 12.5. The van der Waals surface area contributed by atoms with E-state index in [1.165, 1.54) is 0 Å². The molecule has 0 aliphatic rings. The molecule has 0 saturated carbocycles. The summed E-state index contributed by atoms with van der Waals surface area (Å²) < 4.78 is 7.16. The molecule has 18 heavy (non-hydrogen) atoms. The normalized spacial score (nSPS) is 10.6. The van der Waals surface area contributed by atoms with E-state index in [4.69, 9.17) is 10.5 Å². The number of aryl methyl sites for hydroxylation is 1. The topological polar surface area (TPSA) is 53.1 Å². The summed E-state index contributed by atoms with van der Waals surface area (Å²) in [5, 5.41) is 4.48. The van der Waals surface area contributed by atoms with E-state index in [0.29, 0.717) is 6.61 Å². The Bertz CT molecular complexity index is 529. The fourth-order valence-electron chi connectivity index (χ4n) is 2.04. The van der Waals surface area contributed by atoms with E-state index in [-0.39, 0.29) is 0 Å². The van der Waals surface area contributed by atoms with Crippen LogP contribution in [0.3, 0.4) is 0 Å². The maximum Gasteiger partial charge on any atom is 0.125 e. The van der Waals surface area contributed by atoms with Gasteiger partial charge in [-0.05, 0) is 37.6 Å². The highest BCUT2D eigenvalue weighted by Crippen LogP contribution is 2.28. The van der Waals surface area contributed by atoms with Gasteiger partial charge in [0.05, 0.1) is 12.3 Å². The van der Waals surface area contributed by atoms with Crippen molar-refractivity contribution in [2.24, 2.45) is 7.05 Å². The largest absolute Gasteiger partial charge is 0.494 e. The molecule has 0 unspecified atom stereocenters. The second kappa shape index (κ2) is 5.12. The zero-order chi connectivity index (χ0) is 13.1. The Balaban J connectivity index is 2.39. The SMILES string of the molecule is CCOc1ccc(-c2nn(C)c(N)c2CC)cc1. The number of rotatable bonds is 4. The van der Waals surface area contributed by atoms with Crippen LogP contribution in [-0.4, -0.2) is 16.4 Å². The second-order valence-corrected chi connectivity index (χ2v) is 4.15. The molecule has 2 aromatic rings. The van der Waals surface area contributed by atoms with Gasteiger partial charge >= 0.3 is 0 Å². The molecule has 0 aliphatic heterocycles. The van der Waals surface area contributed by atoms with Crippen molar-refractivity contribution in [1.82, 2.24) is 9.78 Å². The summed E-state index contributed by atoms with van der Waals surface area (Å²) in [4.78, 5) is 0. The number of nitrogen functional groups attached to an aromatic ring is 1. The molecule has 2 N–H and O–H groups in total. The highest BCUT2D eigenvalue weighted by Gasteiger charge is 2.13. The van der Waals surface area contributed by atoms with E-state index in [2.05, 4.69) is 12.0 Å². The zero-order valence-electron chi connectivity index (χ0n) is 11.1. The summed E-state index contributed by atoms with van der Waals surface area (Å²) in [5.41, 5.74) is 9.13. The van der Waals surface area contributed by atoms with E-state index in [1.54, 1.807) is 4.68 Å². The van der Waals surface area contributed by atoms with Crippen LogP contribution in [-0.2, 0) is 13.5 Å². The van der Waals surface area contributed by atoms with Crippen LogP contribution in [0.5, 0.6) is 5.75 Å². The Labute approximate surface area is 107 Å². The van der Waals surface area contributed by atoms with E-state index >= 15 is 0 Å². The van der Waals surface area contributed by atoms with Gasteiger partial charge < -0.3 is 10.5 Å². The van der Waals surface area contributed by atoms with Crippen LogP contribution in [0, 0.1) is 0 Å². The Morgan fingerprint density at radius 3 is 2.44 bits per heavy atom. The quantitative estimate of drug-likeness (QED) is 0.900. The Morgan fingerprint density at radius 2 is 1.89 bits per heavy atom. The first-order valence-corrected chi connectivity index (χ1v) is 6.22. The summed E-state index contributed by atoms with van der Waals surface area (Å²) in [6.07, 6.45) is 0.877. The zero-order valence-corrected chi connectivity index (χ0v) is 11.1. The van der Waals surface area contributed by atoms with Gasteiger partial charge in [-0.2, -0.15) is 5.10 Å². The number of aromatic nitrogens is 2. The lowest BCUT2D eigenvalue weighted by atomic mass is 10.1. The minimum absolute atomic E-state index is 0.677. The summed E-state index contributed by atoms with van der Waals surface area (Å²) in [7, 11) is 1.87. The van der Waals surface area contributed by atoms with Gasteiger partial charge in [0.2, 0.25) is 0 Å². The molecule has 0 aliphatic carbocycles. The molecule has 96 valence electrons. The monoisotopic (exact) mass is 245 g/mol. The average molecular weight is 245 g/mol. The molecule has 2 rings (SSSR count). The number of hydrogen-bond acceptors (Lipinski definition) is 3. The molecule has 1 aromatic carbocycles. The van der Waals surface area contributed by atoms with Crippen molar-refractivity contribution < 1.29 is 4.74 Å². The lowest BCUT2D eigenvalue weighted by Gasteiger charge is -2.04. The summed E-state index contributed by atoms with van der Waals surface area (Å²) in [6, 6.07) is 7.96. The number of nitrogens with zero attached hydrogens (tertiary/aromatic N) is 2. The minimum atomic E-state index is 0.677. The molecule has 0 saturated heterocycles. The van der Waals surface area contributed by atoms with Crippen molar-refractivity contribution >= 4 is 5.82 Å². The first-order valence-electron chi connectivity index (χ1n) is 6.22. The van der Waals surface area contributed by atoms with Crippen molar-refractivity contribution in [3.63, 3.8) is 0 Å². The molecule has 0 radical (unpaired) electrons. The maximum absolute atomic E-state index is 6.00. The van der Waals surface area contributed by atoms with Gasteiger partial charge in [-0.1, -0.05) is 6.92 Å². The van der Waals surface area contributed by atoms with Crippen LogP contribution in [0.2, 0.25) is 0 Å². The Morgan fingerprint density at radius 1 is 1.22 bits per heavy atom. The standard InChI is InChI=1S/C14H19N3O/c1-4-12-13(16-17(3)14(12)15)10-6-8-11(9-7-10)18-5-2/h6-9H,4-5,15H2,1-3H3. The molecule has 0 amide bonds. The summed E-state index contributed by atoms with van der Waals surface area (Å²) >= 11 is 0. The number of ether oxygens (including phenoxy) is 1. The second-order valence-electron chi connectivity index (χ2n) is 4.15. The molecule has 0 atom stereocenters. The van der Waals surface area contributed by atoms with Crippen LogP contribution < -0.4 is 10.5 Å². The third kappa shape index (κ3) is 2.18. The summed E-state index contributed by atoms with van der Waals surface area (Å²) in [6.45, 7) is 4.74. The molecular weight excluding hydrogens is 226 g/mol. The molecule has 4 nitrogen and oxygen atoms in total. The Kier molecular flexibility index (Phi) is 3.55. The van der Waals surface area contributed by atoms with Gasteiger partial charge in [-0.3, -0.25) is 4.68 Å². The van der Waals surface area contributed by atoms with Crippen molar-refractivity contribution in [1.29, 1.82) is 0 Å². The minimum Gasteiger partial charge on any atom is -0.494 e. The first-order chi connectivity index (χ1) is 8.67. The van der Waals surface area contributed by atoms with Crippen LogP contribution in [0.1, 0.15) is 19.4 Å². The van der Waals surface area contributed by atoms with Crippen LogP contribution in [0.25, 0.3) is 11.3 Å². The lowest BCUT2D eigenvalue weighted by Crippen LogP contribution is -1.98. The van der Waals surface area contributed by atoms with E-state index < -0.39 is 0 Å². The number of anilines is 1.